The summed E-state index contributed by atoms with van der Waals surface area (Å²) in [5.41, 5.74) is 1.31. The molecule has 0 amide bonds. The minimum Gasteiger partial charge on any atom is -0.373 e. The van der Waals surface area contributed by atoms with E-state index in [1.54, 1.807) is 0 Å². The molecule has 2 fully saturated rings. The Morgan fingerprint density at radius 3 is 2.95 bits per heavy atom. The van der Waals surface area contributed by atoms with E-state index in [2.05, 4.69) is 26.2 Å². The molecule has 4 nitrogen and oxygen atoms in total. The van der Waals surface area contributed by atoms with Gasteiger partial charge < -0.3 is 5.32 Å². The Hall–Kier alpha value is -1.13. The second-order valence-corrected chi connectivity index (χ2v) is 5.68. The van der Waals surface area contributed by atoms with E-state index in [0.29, 0.717) is 0 Å². The van der Waals surface area contributed by atoms with Gasteiger partial charge in [-0.05, 0) is 38.4 Å². The molecule has 104 valence electrons. The molecule has 1 aromatic heterocycles. The van der Waals surface area contributed by atoms with E-state index in [1.165, 1.54) is 51.0 Å². The zero-order valence-corrected chi connectivity index (χ0v) is 11.8. The summed E-state index contributed by atoms with van der Waals surface area (Å²) in [6.45, 7) is 6.09. The molecule has 2 aliphatic rings. The van der Waals surface area contributed by atoms with Crippen LogP contribution in [0.2, 0.25) is 0 Å². The lowest BCUT2D eigenvalue weighted by Gasteiger charge is -2.24. The molecule has 1 aromatic rings. The van der Waals surface area contributed by atoms with E-state index in [1.807, 2.05) is 19.3 Å². The molecule has 0 aromatic carbocycles. The zero-order chi connectivity index (χ0) is 13.1. The average molecular weight is 260 g/mol. The molecular formula is C15H24N4. The van der Waals surface area contributed by atoms with Gasteiger partial charge in [0.25, 0.3) is 0 Å². The topological polar surface area (TPSA) is 31.4 Å². The lowest BCUT2D eigenvalue weighted by Crippen LogP contribution is -2.35. The number of aromatic nitrogens is 1. The molecule has 0 saturated carbocycles. The van der Waals surface area contributed by atoms with Crippen LogP contribution in [-0.4, -0.2) is 54.1 Å². The van der Waals surface area contributed by atoms with Crippen LogP contribution in [0.25, 0.3) is 0 Å². The fourth-order valence-electron chi connectivity index (χ4n) is 3.39. The molecule has 3 heterocycles. The number of hydrogen-bond acceptors (Lipinski definition) is 4. The number of rotatable bonds is 4. The summed E-state index contributed by atoms with van der Waals surface area (Å²) in [4.78, 5) is 9.64. The van der Waals surface area contributed by atoms with Crippen molar-refractivity contribution in [2.75, 3.05) is 38.5 Å². The molecule has 2 aliphatic heterocycles. The third-order valence-corrected chi connectivity index (χ3v) is 4.43. The summed E-state index contributed by atoms with van der Waals surface area (Å²) < 4.78 is 0. The number of hydrogen-bond donors (Lipinski definition) is 1. The van der Waals surface area contributed by atoms with Crippen molar-refractivity contribution in [3.8, 4) is 0 Å². The Balaban J connectivity index is 1.59. The highest BCUT2D eigenvalue weighted by Crippen LogP contribution is 2.23. The zero-order valence-electron chi connectivity index (χ0n) is 11.8. The first-order valence-electron chi connectivity index (χ1n) is 7.45. The van der Waals surface area contributed by atoms with Crippen molar-refractivity contribution in [1.29, 1.82) is 0 Å². The number of nitrogens with zero attached hydrogens (tertiary/aromatic N) is 3. The lowest BCUT2D eigenvalue weighted by molar-refractivity contribution is 0.230. The van der Waals surface area contributed by atoms with Crippen LogP contribution < -0.4 is 5.32 Å². The van der Waals surface area contributed by atoms with Crippen molar-refractivity contribution in [2.45, 2.75) is 31.8 Å². The maximum atomic E-state index is 4.39. The number of anilines is 1. The number of pyridine rings is 1. The average Bonchev–Trinajstić information content (AvgIpc) is 3.09. The van der Waals surface area contributed by atoms with Gasteiger partial charge in [-0.3, -0.25) is 9.80 Å². The molecule has 2 saturated heterocycles. The highest BCUT2D eigenvalue weighted by molar-refractivity contribution is 5.42. The maximum absolute atomic E-state index is 4.39. The molecule has 1 unspecified atom stereocenters. The van der Waals surface area contributed by atoms with Crippen molar-refractivity contribution in [3.63, 3.8) is 0 Å². The molecule has 0 radical (unpaired) electrons. The second-order valence-electron chi connectivity index (χ2n) is 5.68. The predicted octanol–water partition coefficient (Wildman–Crippen LogP) is 1.79. The van der Waals surface area contributed by atoms with E-state index in [4.69, 9.17) is 0 Å². The maximum Gasteiger partial charge on any atom is 0.130 e. The summed E-state index contributed by atoms with van der Waals surface area (Å²) in [5.74, 6) is 1.02. The van der Waals surface area contributed by atoms with E-state index >= 15 is 0 Å². The van der Waals surface area contributed by atoms with Crippen LogP contribution in [-0.2, 0) is 6.54 Å². The molecule has 1 N–H and O–H groups in total. The predicted molar refractivity (Wildman–Crippen MR) is 78.3 cm³/mol. The van der Waals surface area contributed by atoms with Crippen molar-refractivity contribution >= 4 is 5.82 Å². The van der Waals surface area contributed by atoms with E-state index in [9.17, 15) is 0 Å². The Morgan fingerprint density at radius 1 is 1.32 bits per heavy atom. The van der Waals surface area contributed by atoms with Crippen molar-refractivity contribution in [2.24, 2.45) is 0 Å². The Kier molecular flexibility index (Phi) is 3.99. The smallest absolute Gasteiger partial charge is 0.130 e. The highest BCUT2D eigenvalue weighted by Gasteiger charge is 2.29. The van der Waals surface area contributed by atoms with Crippen molar-refractivity contribution < 1.29 is 0 Å². The molecule has 0 spiro atoms. The Morgan fingerprint density at radius 2 is 2.16 bits per heavy atom. The minimum atomic E-state index is 0.789. The van der Waals surface area contributed by atoms with Gasteiger partial charge in [0.1, 0.15) is 5.82 Å². The normalized spacial score (nSPS) is 25.0. The molecule has 4 heteroatoms. The van der Waals surface area contributed by atoms with Crippen molar-refractivity contribution in [3.05, 3.63) is 23.9 Å². The van der Waals surface area contributed by atoms with Crippen LogP contribution in [0.3, 0.4) is 0 Å². The Bertz CT molecular complexity index is 414. The van der Waals surface area contributed by atoms with Gasteiger partial charge in [-0.25, -0.2) is 4.98 Å². The summed E-state index contributed by atoms with van der Waals surface area (Å²) in [7, 11) is 1.95. The van der Waals surface area contributed by atoms with Gasteiger partial charge in [0.15, 0.2) is 0 Å². The monoisotopic (exact) mass is 260 g/mol. The van der Waals surface area contributed by atoms with Gasteiger partial charge in [-0.2, -0.15) is 0 Å². The minimum absolute atomic E-state index is 0.789. The first-order valence-corrected chi connectivity index (χ1v) is 7.45. The summed E-state index contributed by atoms with van der Waals surface area (Å²) >= 11 is 0. The van der Waals surface area contributed by atoms with E-state index < -0.39 is 0 Å². The van der Waals surface area contributed by atoms with Gasteiger partial charge in [-0.15, -0.1) is 0 Å². The van der Waals surface area contributed by atoms with Crippen LogP contribution >= 0.6 is 0 Å². The number of nitrogens with one attached hydrogen (secondary N) is 1. The van der Waals surface area contributed by atoms with Crippen LogP contribution in [0.4, 0.5) is 5.82 Å². The lowest BCUT2D eigenvalue weighted by atomic mass is 10.2. The van der Waals surface area contributed by atoms with Crippen LogP contribution in [0, 0.1) is 0 Å². The largest absolute Gasteiger partial charge is 0.373 e. The van der Waals surface area contributed by atoms with Crippen LogP contribution in [0.15, 0.2) is 18.3 Å². The van der Waals surface area contributed by atoms with E-state index in [0.717, 1.165) is 18.4 Å². The second kappa shape index (κ2) is 5.88. The molecule has 1 atom stereocenters. The quantitative estimate of drug-likeness (QED) is 0.894. The Labute approximate surface area is 115 Å². The number of likely N-dealkylation sites (tertiary alicyclic amines) is 2. The first kappa shape index (κ1) is 12.9. The highest BCUT2D eigenvalue weighted by atomic mass is 15.3. The van der Waals surface area contributed by atoms with Gasteiger partial charge in [0.2, 0.25) is 0 Å². The molecular weight excluding hydrogens is 236 g/mol. The third-order valence-electron chi connectivity index (χ3n) is 4.43. The van der Waals surface area contributed by atoms with Gasteiger partial charge in [0, 0.05) is 44.5 Å². The molecule has 0 bridgehead atoms. The molecule has 3 rings (SSSR count). The standard InChI is InChI=1S/C15H24N4/c1-16-15-13(5-4-7-17-15)11-18-10-6-14(12-18)19-8-2-3-9-19/h4-5,7,14H,2-3,6,8-12H2,1H3,(H,16,17). The third kappa shape index (κ3) is 2.90. The molecule has 0 aliphatic carbocycles. The summed E-state index contributed by atoms with van der Waals surface area (Å²) in [5, 5.41) is 3.19. The SMILES string of the molecule is CNc1ncccc1CN1CCC(N2CCCC2)C1. The fourth-order valence-corrected chi connectivity index (χ4v) is 3.39. The van der Waals surface area contributed by atoms with Crippen LogP contribution in [0.5, 0.6) is 0 Å². The molecule has 19 heavy (non-hydrogen) atoms. The fraction of sp³-hybridized carbons (Fsp3) is 0.667. The van der Waals surface area contributed by atoms with Gasteiger partial charge >= 0.3 is 0 Å². The van der Waals surface area contributed by atoms with Crippen LogP contribution in [0.1, 0.15) is 24.8 Å². The van der Waals surface area contributed by atoms with E-state index in [-0.39, 0.29) is 0 Å². The van der Waals surface area contributed by atoms with Crippen molar-refractivity contribution in [1.82, 2.24) is 14.8 Å². The summed E-state index contributed by atoms with van der Waals surface area (Å²) in [6, 6.07) is 5.00. The first-order chi connectivity index (χ1) is 9.36. The van der Waals surface area contributed by atoms with Gasteiger partial charge in [0.05, 0.1) is 0 Å². The summed E-state index contributed by atoms with van der Waals surface area (Å²) in [6.07, 6.45) is 5.97. The van der Waals surface area contributed by atoms with Gasteiger partial charge in [-0.1, -0.05) is 6.07 Å².